The normalized spacial score (nSPS) is 25.5. The zero-order chi connectivity index (χ0) is 24.2. The average molecular weight is 492 g/mol. The molecule has 0 radical (unpaired) electrons. The fraction of sp³-hybridized carbons (Fsp3) is 0.680. The fourth-order valence-electron chi connectivity index (χ4n) is 4.55. The number of hydrogen-bond donors (Lipinski definition) is 1. The number of anilines is 1. The van der Waals surface area contributed by atoms with Gasteiger partial charge in [0.25, 0.3) is 0 Å². The first-order chi connectivity index (χ1) is 15.6. The van der Waals surface area contributed by atoms with Crippen molar-refractivity contribution in [1.82, 2.24) is 0 Å². The SMILES string of the molecule is COC(=O)Oc1sc(C#C[Si](C)(C)C)cc1N(C(=O)[C@H]1CC[C@H](C)CC1)[C@H]1CC[C@H](O)CC1. The van der Waals surface area contributed by atoms with E-state index in [1.54, 1.807) is 0 Å². The molecule has 1 amide bonds. The number of amides is 1. The highest BCUT2D eigenvalue weighted by atomic mass is 32.1. The Bertz CT molecular complexity index is 896. The largest absolute Gasteiger partial charge is 0.514 e. The van der Waals surface area contributed by atoms with E-state index in [1.807, 2.05) is 11.0 Å². The van der Waals surface area contributed by atoms with Crippen LogP contribution >= 0.6 is 11.3 Å². The van der Waals surface area contributed by atoms with Crippen LogP contribution in [0.2, 0.25) is 19.6 Å². The molecule has 6 nitrogen and oxygen atoms in total. The number of rotatable bonds is 4. The lowest BCUT2D eigenvalue weighted by molar-refractivity contribution is -0.124. The van der Waals surface area contributed by atoms with Gasteiger partial charge in [-0.2, -0.15) is 0 Å². The number of methoxy groups -OCH3 is 1. The van der Waals surface area contributed by atoms with Crippen molar-refractivity contribution in [3.63, 3.8) is 0 Å². The Balaban J connectivity index is 2.01. The number of ether oxygens (including phenoxy) is 2. The van der Waals surface area contributed by atoms with Gasteiger partial charge in [0.05, 0.1) is 18.1 Å². The minimum atomic E-state index is -1.60. The van der Waals surface area contributed by atoms with Crippen molar-refractivity contribution in [2.45, 2.75) is 90.1 Å². The predicted octanol–water partition coefficient (Wildman–Crippen LogP) is 5.59. The first-order valence-electron chi connectivity index (χ1n) is 12.0. The Labute approximate surface area is 202 Å². The van der Waals surface area contributed by atoms with Crippen LogP contribution in [0.25, 0.3) is 0 Å². The maximum atomic E-state index is 13.9. The van der Waals surface area contributed by atoms with Crippen LogP contribution in [0.15, 0.2) is 6.07 Å². The van der Waals surface area contributed by atoms with Gasteiger partial charge in [0, 0.05) is 12.0 Å². The first kappa shape index (κ1) is 25.8. The van der Waals surface area contributed by atoms with E-state index in [9.17, 15) is 14.7 Å². The van der Waals surface area contributed by atoms with Crippen LogP contribution < -0.4 is 9.64 Å². The molecule has 0 aromatic carbocycles. The van der Waals surface area contributed by atoms with Gasteiger partial charge >= 0.3 is 6.16 Å². The second-order valence-electron chi connectivity index (χ2n) is 10.5. The summed E-state index contributed by atoms with van der Waals surface area (Å²) in [6.07, 6.45) is 5.51. The standard InChI is InChI=1S/C25H37NO5SSi/c1-17-6-8-18(9-7-17)23(28)26(19-10-12-20(27)13-11-19)22-16-21(14-15-33(3,4)5)32-24(22)31-25(29)30-2/h16-20,27H,6-13H2,1-5H3/t17-,18-,19-,20-. The number of carbonyl (C=O) groups excluding carboxylic acids is 2. The smallest absolute Gasteiger partial charge is 0.437 e. The van der Waals surface area contributed by atoms with Gasteiger partial charge in [0.2, 0.25) is 11.0 Å². The van der Waals surface area contributed by atoms with E-state index in [2.05, 4.69) is 38.0 Å². The number of hydrogen-bond acceptors (Lipinski definition) is 6. The Morgan fingerprint density at radius 1 is 1.09 bits per heavy atom. The van der Waals surface area contributed by atoms with E-state index in [4.69, 9.17) is 9.47 Å². The molecule has 2 saturated carbocycles. The molecule has 8 heteroatoms. The molecule has 0 bridgehead atoms. The maximum absolute atomic E-state index is 13.9. The van der Waals surface area contributed by atoms with Crippen LogP contribution in [0, 0.1) is 23.3 Å². The van der Waals surface area contributed by atoms with Crippen LogP contribution in [-0.2, 0) is 9.53 Å². The lowest BCUT2D eigenvalue weighted by atomic mass is 9.81. The Morgan fingerprint density at radius 2 is 1.73 bits per heavy atom. The summed E-state index contributed by atoms with van der Waals surface area (Å²) in [5.41, 5.74) is 3.97. The van der Waals surface area contributed by atoms with E-state index < -0.39 is 14.2 Å². The van der Waals surface area contributed by atoms with Crippen molar-refractivity contribution in [3.05, 3.63) is 10.9 Å². The second kappa shape index (κ2) is 11.1. The van der Waals surface area contributed by atoms with Crippen LogP contribution in [0.1, 0.15) is 63.2 Å². The summed E-state index contributed by atoms with van der Waals surface area (Å²) < 4.78 is 10.3. The van der Waals surface area contributed by atoms with E-state index in [-0.39, 0.29) is 24.0 Å². The molecule has 1 heterocycles. The average Bonchev–Trinajstić information content (AvgIpc) is 3.16. The van der Waals surface area contributed by atoms with Crippen LogP contribution in [0.5, 0.6) is 5.06 Å². The summed E-state index contributed by atoms with van der Waals surface area (Å²) in [5.74, 6) is 3.96. The van der Waals surface area contributed by atoms with E-state index in [1.165, 1.54) is 18.4 Å². The molecular formula is C25H37NO5SSi. The zero-order valence-electron chi connectivity index (χ0n) is 20.5. The lowest BCUT2D eigenvalue weighted by Gasteiger charge is -2.38. The van der Waals surface area contributed by atoms with Gasteiger partial charge in [-0.1, -0.05) is 43.8 Å². The molecule has 0 unspecified atom stereocenters. The topological polar surface area (TPSA) is 76.1 Å². The molecule has 182 valence electrons. The number of aliphatic hydroxyl groups is 1. The fourth-order valence-corrected chi connectivity index (χ4v) is 5.99. The number of thiophene rings is 1. The third-order valence-electron chi connectivity index (χ3n) is 6.48. The molecule has 1 aromatic heterocycles. The summed E-state index contributed by atoms with van der Waals surface area (Å²) in [5, 5.41) is 10.4. The van der Waals surface area contributed by atoms with Gasteiger partial charge in [-0.25, -0.2) is 4.79 Å². The Morgan fingerprint density at radius 3 is 2.30 bits per heavy atom. The Hall–Kier alpha value is -1.82. The second-order valence-corrected chi connectivity index (χ2v) is 16.2. The van der Waals surface area contributed by atoms with Gasteiger partial charge in [-0.05, 0) is 63.4 Å². The summed E-state index contributed by atoms with van der Waals surface area (Å²) in [7, 11) is -0.331. The monoisotopic (exact) mass is 491 g/mol. The van der Waals surface area contributed by atoms with Crippen molar-refractivity contribution >= 4 is 37.2 Å². The molecule has 2 fully saturated rings. The number of aliphatic hydroxyl groups excluding tert-OH is 1. The van der Waals surface area contributed by atoms with Crippen molar-refractivity contribution in [1.29, 1.82) is 0 Å². The maximum Gasteiger partial charge on any atom is 0.514 e. The number of nitrogens with zero attached hydrogens (tertiary/aromatic N) is 1. The molecule has 0 saturated heterocycles. The molecule has 2 aliphatic carbocycles. The van der Waals surface area contributed by atoms with Crippen molar-refractivity contribution < 1.29 is 24.2 Å². The zero-order valence-corrected chi connectivity index (χ0v) is 22.3. The molecule has 1 N–H and O–H groups in total. The van der Waals surface area contributed by atoms with Gasteiger partial charge in [0.1, 0.15) is 13.8 Å². The molecule has 0 aliphatic heterocycles. The van der Waals surface area contributed by atoms with E-state index >= 15 is 0 Å². The van der Waals surface area contributed by atoms with Crippen LogP contribution in [-0.4, -0.2) is 44.5 Å². The summed E-state index contributed by atoms with van der Waals surface area (Å²) in [4.78, 5) is 28.5. The molecule has 2 aliphatic rings. The van der Waals surface area contributed by atoms with Crippen molar-refractivity contribution in [3.8, 4) is 16.5 Å². The molecule has 3 rings (SSSR count). The third-order valence-corrected chi connectivity index (χ3v) is 8.27. The molecule has 0 atom stereocenters. The first-order valence-corrected chi connectivity index (χ1v) is 16.3. The quantitative estimate of drug-likeness (QED) is 0.338. The van der Waals surface area contributed by atoms with Gasteiger partial charge < -0.3 is 19.5 Å². The van der Waals surface area contributed by atoms with Crippen molar-refractivity contribution in [2.75, 3.05) is 12.0 Å². The predicted molar refractivity (Wildman–Crippen MR) is 134 cm³/mol. The van der Waals surface area contributed by atoms with Gasteiger partial charge in [-0.15, -0.1) is 5.54 Å². The summed E-state index contributed by atoms with van der Waals surface area (Å²) in [6.45, 7) is 8.76. The Kier molecular flexibility index (Phi) is 8.65. The molecular weight excluding hydrogens is 454 g/mol. The van der Waals surface area contributed by atoms with E-state index in [0.717, 1.165) is 43.4 Å². The van der Waals surface area contributed by atoms with Crippen LogP contribution in [0.3, 0.4) is 0 Å². The lowest BCUT2D eigenvalue weighted by Crippen LogP contribution is -2.46. The highest BCUT2D eigenvalue weighted by molar-refractivity contribution is 7.15. The minimum absolute atomic E-state index is 0.0320. The highest BCUT2D eigenvalue weighted by Crippen LogP contribution is 2.43. The minimum Gasteiger partial charge on any atom is -0.437 e. The van der Waals surface area contributed by atoms with E-state index in [0.29, 0.717) is 29.5 Å². The van der Waals surface area contributed by atoms with Crippen molar-refractivity contribution in [2.24, 2.45) is 11.8 Å². The molecule has 0 spiro atoms. The third kappa shape index (κ3) is 7.08. The van der Waals surface area contributed by atoms with Gasteiger partial charge in [0.15, 0.2) is 0 Å². The summed E-state index contributed by atoms with van der Waals surface area (Å²) >= 11 is 1.28. The molecule has 33 heavy (non-hydrogen) atoms. The van der Waals surface area contributed by atoms with Crippen LogP contribution in [0.4, 0.5) is 10.5 Å². The molecule has 1 aromatic rings. The number of carbonyl (C=O) groups is 2. The van der Waals surface area contributed by atoms with Gasteiger partial charge in [-0.3, -0.25) is 4.79 Å². The summed E-state index contributed by atoms with van der Waals surface area (Å²) in [6, 6.07) is 1.86. The highest BCUT2D eigenvalue weighted by Gasteiger charge is 2.37.